The summed E-state index contributed by atoms with van der Waals surface area (Å²) in [6, 6.07) is 26.0. The Morgan fingerprint density at radius 2 is 1.43 bits per heavy atom. The molecule has 0 spiro atoms. The summed E-state index contributed by atoms with van der Waals surface area (Å²) in [6.45, 7) is 8.36. The van der Waals surface area contributed by atoms with Crippen molar-refractivity contribution in [2.24, 2.45) is 0 Å². The van der Waals surface area contributed by atoms with Crippen LogP contribution in [0.15, 0.2) is 110 Å². The van der Waals surface area contributed by atoms with Crippen molar-refractivity contribution in [2.45, 2.75) is 19.3 Å². The Kier molecular flexibility index (Phi) is 4.75. The molecule has 0 aliphatic heterocycles. The molecule has 1 aliphatic rings. The normalized spacial score (nSPS) is 14.2. The minimum Gasteiger partial charge on any atom is -0.317 e. The highest BCUT2D eigenvalue weighted by Crippen LogP contribution is 2.49. The molecule has 0 heterocycles. The fourth-order valence-electron chi connectivity index (χ4n) is 4.05. The zero-order valence-electron chi connectivity index (χ0n) is 16.5. The molecule has 0 aromatic heterocycles. The van der Waals surface area contributed by atoms with E-state index in [1.807, 2.05) is 24.3 Å². The van der Waals surface area contributed by atoms with Gasteiger partial charge >= 0.3 is 0 Å². The average molecular weight is 364 g/mol. The summed E-state index contributed by atoms with van der Waals surface area (Å²) in [4.78, 5) is 2.22. The lowest BCUT2D eigenvalue weighted by Crippen LogP contribution is -2.15. The molecule has 0 fully saturated rings. The lowest BCUT2D eigenvalue weighted by Gasteiger charge is -2.24. The summed E-state index contributed by atoms with van der Waals surface area (Å²) < 4.78 is 0. The maximum absolute atomic E-state index is 3.73. The predicted octanol–water partition coefficient (Wildman–Crippen LogP) is 7.39. The molecule has 0 saturated carbocycles. The monoisotopic (exact) mass is 363 g/mol. The van der Waals surface area contributed by atoms with Crippen LogP contribution < -0.4 is 4.90 Å². The van der Waals surface area contributed by atoms with Crippen molar-refractivity contribution in [1.29, 1.82) is 0 Å². The van der Waals surface area contributed by atoms with E-state index in [9.17, 15) is 0 Å². The van der Waals surface area contributed by atoms with E-state index >= 15 is 0 Å². The molecule has 3 aromatic rings. The number of anilines is 2. The molecule has 0 saturated heterocycles. The highest BCUT2D eigenvalue weighted by molar-refractivity contribution is 5.84. The van der Waals surface area contributed by atoms with Gasteiger partial charge in [-0.15, -0.1) is 0 Å². The van der Waals surface area contributed by atoms with Crippen LogP contribution in [0.4, 0.5) is 11.4 Å². The second-order valence-electron chi connectivity index (χ2n) is 7.57. The van der Waals surface area contributed by atoms with E-state index in [4.69, 9.17) is 0 Å². The molecule has 1 heteroatoms. The number of benzene rings is 3. The van der Waals surface area contributed by atoms with E-state index in [1.54, 1.807) is 6.08 Å². The van der Waals surface area contributed by atoms with Crippen molar-refractivity contribution in [3.63, 3.8) is 0 Å². The number of rotatable bonds is 5. The van der Waals surface area contributed by atoms with Crippen LogP contribution in [0.5, 0.6) is 0 Å². The van der Waals surface area contributed by atoms with Gasteiger partial charge in [0.05, 0.1) is 0 Å². The van der Waals surface area contributed by atoms with Gasteiger partial charge in [0.2, 0.25) is 0 Å². The van der Waals surface area contributed by atoms with Crippen LogP contribution in [-0.2, 0) is 5.41 Å². The number of allylic oxidation sites excluding steroid dienone is 4. The van der Waals surface area contributed by atoms with Gasteiger partial charge in [0, 0.05) is 23.0 Å². The average Bonchev–Trinajstić information content (AvgIpc) is 2.96. The number of hydrogen-bond donors (Lipinski definition) is 0. The van der Waals surface area contributed by atoms with Crippen molar-refractivity contribution >= 4 is 11.4 Å². The summed E-state index contributed by atoms with van der Waals surface area (Å²) >= 11 is 0. The SMILES string of the molecule is C=C/C=C\C=C/N(c1ccccc1)c1ccc2c(c1)-c1ccccc1C2(C)C. The summed E-state index contributed by atoms with van der Waals surface area (Å²) in [5, 5.41) is 0. The zero-order valence-corrected chi connectivity index (χ0v) is 16.5. The van der Waals surface area contributed by atoms with Gasteiger partial charge in [-0.2, -0.15) is 0 Å². The van der Waals surface area contributed by atoms with Crippen LogP contribution in [-0.4, -0.2) is 0 Å². The molecule has 1 aliphatic carbocycles. The standard InChI is InChI=1S/C27H25N/c1-4-5-6-12-19-28(21-13-8-7-9-14-21)22-17-18-26-24(20-22)23-15-10-11-16-25(23)27(26,2)3/h4-20H,1H2,2-3H3/b6-5-,19-12-. The van der Waals surface area contributed by atoms with Gasteiger partial charge in [-0.05, 0) is 52.6 Å². The third-order valence-corrected chi connectivity index (χ3v) is 5.47. The van der Waals surface area contributed by atoms with Crippen molar-refractivity contribution in [3.8, 4) is 11.1 Å². The second-order valence-corrected chi connectivity index (χ2v) is 7.57. The molecule has 0 radical (unpaired) electrons. The number of nitrogens with zero attached hydrogens (tertiary/aromatic N) is 1. The Morgan fingerprint density at radius 3 is 2.21 bits per heavy atom. The third-order valence-electron chi connectivity index (χ3n) is 5.47. The molecule has 138 valence electrons. The second kappa shape index (κ2) is 7.36. The Bertz CT molecular complexity index is 1050. The molecule has 0 amide bonds. The van der Waals surface area contributed by atoms with Crippen LogP contribution in [0.2, 0.25) is 0 Å². The van der Waals surface area contributed by atoms with Gasteiger partial charge in [0.15, 0.2) is 0 Å². The minimum atomic E-state index is 0.0323. The summed E-state index contributed by atoms with van der Waals surface area (Å²) in [7, 11) is 0. The first-order valence-corrected chi connectivity index (χ1v) is 9.67. The summed E-state index contributed by atoms with van der Waals surface area (Å²) in [5.74, 6) is 0. The lowest BCUT2D eigenvalue weighted by molar-refractivity contribution is 0.660. The zero-order chi connectivity index (χ0) is 19.6. The Hall–Kier alpha value is -3.32. The van der Waals surface area contributed by atoms with Gasteiger partial charge < -0.3 is 4.90 Å². The van der Waals surface area contributed by atoms with Crippen molar-refractivity contribution < 1.29 is 0 Å². The third kappa shape index (κ3) is 3.10. The molecule has 4 rings (SSSR count). The molecule has 0 atom stereocenters. The van der Waals surface area contributed by atoms with Gasteiger partial charge in [-0.1, -0.05) is 87.2 Å². The Balaban J connectivity index is 1.83. The van der Waals surface area contributed by atoms with Crippen LogP contribution in [0.25, 0.3) is 11.1 Å². The van der Waals surface area contributed by atoms with Crippen LogP contribution in [0, 0.1) is 0 Å². The molecular formula is C27H25N. The molecule has 0 unspecified atom stereocenters. The first-order chi connectivity index (χ1) is 13.6. The van der Waals surface area contributed by atoms with Gasteiger partial charge in [-0.25, -0.2) is 0 Å². The van der Waals surface area contributed by atoms with Gasteiger partial charge in [-0.3, -0.25) is 0 Å². The number of para-hydroxylation sites is 1. The Morgan fingerprint density at radius 1 is 0.714 bits per heavy atom. The fourth-order valence-corrected chi connectivity index (χ4v) is 4.05. The fraction of sp³-hybridized carbons (Fsp3) is 0.111. The first kappa shape index (κ1) is 18.1. The molecule has 0 N–H and O–H groups in total. The van der Waals surface area contributed by atoms with Crippen LogP contribution in [0.1, 0.15) is 25.0 Å². The highest BCUT2D eigenvalue weighted by Gasteiger charge is 2.35. The van der Waals surface area contributed by atoms with E-state index < -0.39 is 0 Å². The minimum absolute atomic E-state index is 0.0323. The lowest BCUT2D eigenvalue weighted by atomic mass is 9.82. The van der Waals surface area contributed by atoms with Crippen LogP contribution >= 0.6 is 0 Å². The van der Waals surface area contributed by atoms with Crippen molar-refractivity contribution in [2.75, 3.05) is 4.90 Å². The van der Waals surface area contributed by atoms with E-state index in [0.29, 0.717) is 0 Å². The predicted molar refractivity (Wildman–Crippen MR) is 121 cm³/mol. The number of fused-ring (bicyclic) bond motifs is 3. The summed E-state index contributed by atoms with van der Waals surface area (Å²) in [5.41, 5.74) is 7.78. The molecule has 1 nitrogen and oxygen atoms in total. The molecular weight excluding hydrogens is 338 g/mol. The van der Waals surface area contributed by atoms with E-state index in [0.717, 1.165) is 11.4 Å². The topological polar surface area (TPSA) is 3.24 Å². The maximum Gasteiger partial charge on any atom is 0.0461 e. The molecule has 3 aromatic carbocycles. The highest BCUT2D eigenvalue weighted by atomic mass is 15.1. The van der Waals surface area contributed by atoms with Crippen molar-refractivity contribution in [1.82, 2.24) is 0 Å². The summed E-state index contributed by atoms with van der Waals surface area (Å²) in [6.07, 6.45) is 9.85. The first-order valence-electron chi connectivity index (χ1n) is 9.67. The molecule has 0 bridgehead atoms. The van der Waals surface area contributed by atoms with E-state index in [2.05, 4.69) is 98.3 Å². The van der Waals surface area contributed by atoms with Gasteiger partial charge in [0.25, 0.3) is 0 Å². The van der Waals surface area contributed by atoms with Gasteiger partial charge in [0.1, 0.15) is 0 Å². The Labute approximate surface area is 168 Å². The van der Waals surface area contributed by atoms with E-state index in [-0.39, 0.29) is 5.41 Å². The maximum atomic E-state index is 3.73. The van der Waals surface area contributed by atoms with E-state index in [1.165, 1.54) is 22.3 Å². The smallest absolute Gasteiger partial charge is 0.0461 e. The van der Waals surface area contributed by atoms with Crippen molar-refractivity contribution in [3.05, 3.63) is 121 Å². The molecule has 28 heavy (non-hydrogen) atoms. The van der Waals surface area contributed by atoms with Crippen LogP contribution in [0.3, 0.4) is 0 Å². The number of hydrogen-bond acceptors (Lipinski definition) is 1. The quantitative estimate of drug-likeness (QED) is 0.427. The largest absolute Gasteiger partial charge is 0.317 e.